The Hall–Kier alpha value is -2.65. The van der Waals surface area contributed by atoms with Gasteiger partial charge in [-0.25, -0.2) is 4.98 Å². The molecule has 4 rings (SSSR count). The van der Waals surface area contributed by atoms with Gasteiger partial charge in [-0.05, 0) is 31.2 Å². The summed E-state index contributed by atoms with van der Waals surface area (Å²) in [5.41, 5.74) is -0.275. The Bertz CT molecular complexity index is 1040. The fourth-order valence-corrected chi connectivity index (χ4v) is 4.24. The summed E-state index contributed by atoms with van der Waals surface area (Å²) in [7, 11) is 0. The van der Waals surface area contributed by atoms with Crippen LogP contribution in [0, 0.1) is 6.92 Å². The highest BCUT2D eigenvalue weighted by Crippen LogP contribution is 2.32. The van der Waals surface area contributed by atoms with E-state index in [9.17, 15) is 18.0 Å². The van der Waals surface area contributed by atoms with E-state index >= 15 is 0 Å². The zero-order valence-electron chi connectivity index (χ0n) is 16.3. The molecule has 0 N–H and O–H groups in total. The van der Waals surface area contributed by atoms with Gasteiger partial charge in [-0.1, -0.05) is 12.1 Å². The number of hydrogen-bond donors (Lipinski definition) is 0. The summed E-state index contributed by atoms with van der Waals surface area (Å²) in [4.78, 5) is 20.9. The monoisotopic (exact) mass is 435 g/mol. The van der Waals surface area contributed by atoms with Crippen LogP contribution < -0.4 is 0 Å². The number of carbonyl (C=O) groups is 1. The Balaban J connectivity index is 1.37. The summed E-state index contributed by atoms with van der Waals surface area (Å²) in [5, 5.41) is 2.79. The molecule has 9 heteroatoms. The number of aryl methyl sites for hydroxylation is 1. The third-order valence-electron chi connectivity index (χ3n) is 5.01. The summed E-state index contributed by atoms with van der Waals surface area (Å²) in [6.45, 7) is 4.40. The third-order valence-corrected chi connectivity index (χ3v) is 5.92. The third kappa shape index (κ3) is 4.41. The van der Waals surface area contributed by atoms with Crippen molar-refractivity contribution in [1.29, 1.82) is 0 Å². The molecule has 1 fully saturated rings. The summed E-state index contributed by atoms with van der Waals surface area (Å²) >= 11 is 1.51. The largest absolute Gasteiger partial charge is 0.459 e. The van der Waals surface area contributed by atoms with Crippen LogP contribution in [-0.4, -0.2) is 46.9 Å². The fourth-order valence-electron chi connectivity index (χ4n) is 3.47. The molecule has 0 spiro atoms. The molecule has 0 aliphatic carbocycles. The molecule has 158 valence electrons. The molecule has 0 bridgehead atoms. The van der Waals surface area contributed by atoms with Crippen LogP contribution in [0.4, 0.5) is 13.2 Å². The maximum atomic E-state index is 13.2. The van der Waals surface area contributed by atoms with E-state index in [0.29, 0.717) is 32.7 Å². The number of halogens is 3. The molecule has 3 aromatic rings. The van der Waals surface area contributed by atoms with Crippen molar-refractivity contribution >= 4 is 17.2 Å². The number of amides is 1. The Labute approximate surface area is 175 Å². The second-order valence-electron chi connectivity index (χ2n) is 7.17. The van der Waals surface area contributed by atoms with Crippen molar-refractivity contribution in [2.24, 2.45) is 0 Å². The normalized spacial score (nSPS) is 15.5. The Morgan fingerprint density at radius 3 is 2.53 bits per heavy atom. The van der Waals surface area contributed by atoms with Crippen molar-refractivity contribution in [2.45, 2.75) is 19.6 Å². The topological polar surface area (TPSA) is 49.6 Å². The lowest BCUT2D eigenvalue weighted by molar-refractivity contribution is -0.138. The summed E-state index contributed by atoms with van der Waals surface area (Å²) in [6.07, 6.45) is -4.55. The van der Waals surface area contributed by atoms with Gasteiger partial charge in [-0.2, -0.15) is 13.2 Å². The van der Waals surface area contributed by atoms with E-state index in [1.807, 2.05) is 24.4 Å². The smallest absolute Gasteiger partial charge is 0.417 e. The lowest BCUT2D eigenvalue weighted by Gasteiger charge is -2.34. The zero-order valence-corrected chi connectivity index (χ0v) is 17.1. The Morgan fingerprint density at radius 1 is 1.13 bits per heavy atom. The average molecular weight is 435 g/mol. The molecule has 2 aromatic heterocycles. The van der Waals surface area contributed by atoms with Crippen LogP contribution >= 0.6 is 11.3 Å². The molecule has 0 saturated carbocycles. The number of hydrogen-bond acceptors (Lipinski definition) is 5. The van der Waals surface area contributed by atoms with Gasteiger partial charge in [0.1, 0.15) is 5.76 Å². The van der Waals surface area contributed by atoms with E-state index in [0.717, 1.165) is 28.3 Å². The van der Waals surface area contributed by atoms with Crippen LogP contribution in [0.15, 0.2) is 46.2 Å². The van der Waals surface area contributed by atoms with E-state index in [2.05, 4.69) is 9.88 Å². The summed E-state index contributed by atoms with van der Waals surface area (Å²) in [6, 6.07) is 8.72. The van der Waals surface area contributed by atoms with Crippen LogP contribution in [0.3, 0.4) is 0 Å². The van der Waals surface area contributed by atoms with Gasteiger partial charge in [0.25, 0.3) is 5.91 Å². The highest BCUT2D eigenvalue weighted by atomic mass is 32.1. The number of alkyl halides is 3. The molecule has 0 atom stereocenters. The second kappa shape index (κ2) is 8.23. The minimum absolute atomic E-state index is 0.295. The first-order chi connectivity index (χ1) is 14.3. The van der Waals surface area contributed by atoms with Gasteiger partial charge in [-0.15, -0.1) is 11.3 Å². The van der Waals surface area contributed by atoms with Gasteiger partial charge in [0.2, 0.25) is 0 Å². The van der Waals surface area contributed by atoms with Gasteiger partial charge in [-0.3, -0.25) is 9.69 Å². The van der Waals surface area contributed by atoms with Gasteiger partial charge < -0.3 is 9.32 Å². The zero-order chi connectivity index (χ0) is 21.3. The molecule has 1 saturated heterocycles. The second-order valence-corrected chi connectivity index (χ2v) is 8.02. The molecule has 3 heterocycles. The number of carbonyl (C=O) groups excluding carboxylic acids is 1. The quantitative estimate of drug-likeness (QED) is 0.597. The van der Waals surface area contributed by atoms with Gasteiger partial charge in [0.05, 0.1) is 16.8 Å². The van der Waals surface area contributed by atoms with Gasteiger partial charge in [0, 0.05) is 38.1 Å². The average Bonchev–Trinajstić information content (AvgIpc) is 3.36. The number of aromatic nitrogens is 1. The highest BCUT2D eigenvalue weighted by molar-refractivity contribution is 7.13. The molecule has 0 radical (unpaired) electrons. The van der Waals surface area contributed by atoms with Crippen molar-refractivity contribution in [3.8, 4) is 10.8 Å². The Kier molecular flexibility index (Phi) is 5.66. The molecule has 0 unspecified atom stereocenters. The first kappa shape index (κ1) is 20.6. The van der Waals surface area contributed by atoms with E-state index in [1.165, 1.54) is 34.4 Å². The van der Waals surface area contributed by atoms with Crippen molar-refractivity contribution < 1.29 is 22.4 Å². The Morgan fingerprint density at radius 2 is 1.87 bits per heavy atom. The summed E-state index contributed by atoms with van der Waals surface area (Å²) < 4.78 is 45.2. The number of benzene rings is 1. The lowest BCUT2D eigenvalue weighted by Crippen LogP contribution is -2.48. The van der Waals surface area contributed by atoms with E-state index in [-0.39, 0.29) is 5.56 Å². The van der Waals surface area contributed by atoms with Crippen LogP contribution in [-0.2, 0) is 12.7 Å². The van der Waals surface area contributed by atoms with Crippen LogP contribution in [0.1, 0.15) is 27.4 Å². The summed E-state index contributed by atoms with van der Waals surface area (Å²) in [5.74, 6) is 0.990. The predicted octanol–water partition coefficient (Wildman–Crippen LogP) is 4.69. The minimum atomic E-state index is -4.55. The van der Waals surface area contributed by atoms with Gasteiger partial charge >= 0.3 is 6.18 Å². The van der Waals surface area contributed by atoms with Crippen molar-refractivity contribution in [2.75, 3.05) is 26.2 Å². The van der Waals surface area contributed by atoms with Crippen LogP contribution in [0.2, 0.25) is 0 Å². The molecule has 1 aliphatic rings. The maximum absolute atomic E-state index is 13.2. The molecular formula is C21H20F3N3O2S. The maximum Gasteiger partial charge on any atom is 0.417 e. The SMILES string of the molecule is Cc1ccc(-c2nc(CN3CCN(C(=O)c4ccccc4C(F)(F)F)CC3)cs2)o1. The predicted molar refractivity (Wildman–Crippen MR) is 107 cm³/mol. The fraction of sp³-hybridized carbons (Fsp3) is 0.333. The molecule has 30 heavy (non-hydrogen) atoms. The standard InChI is InChI=1S/C21H20F3N3O2S/c1-14-6-7-18(29-14)19-25-15(13-30-19)12-26-8-10-27(11-9-26)20(28)16-4-2-3-5-17(16)21(22,23)24/h2-7,13H,8-12H2,1H3. The number of nitrogens with zero attached hydrogens (tertiary/aromatic N) is 3. The van der Waals surface area contributed by atoms with Crippen LogP contribution in [0.25, 0.3) is 10.8 Å². The van der Waals surface area contributed by atoms with Crippen LogP contribution in [0.5, 0.6) is 0 Å². The minimum Gasteiger partial charge on any atom is -0.459 e. The number of piperazine rings is 1. The van der Waals surface area contributed by atoms with E-state index in [4.69, 9.17) is 4.42 Å². The van der Waals surface area contributed by atoms with Crippen molar-refractivity contribution in [3.63, 3.8) is 0 Å². The van der Waals surface area contributed by atoms with E-state index in [1.54, 1.807) is 0 Å². The number of thiazole rings is 1. The first-order valence-corrected chi connectivity index (χ1v) is 10.4. The highest BCUT2D eigenvalue weighted by Gasteiger charge is 2.36. The number of rotatable bonds is 4. The molecule has 1 aliphatic heterocycles. The van der Waals surface area contributed by atoms with Gasteiger partial charge in [0.15, 0.2) is 10.8 Å². The number of furan rings is 1. The lowest BCUT2D eigenvalue weighted by atomic mass is 10.1. The molecular weight excluding hydrogens is 415 g/mol. The van der Waals surface area contributed by atoms with Crippen molar-refractivity contribution in [1.82, 2.24) is 14.8 Å². The molecule has 1 aromatic carbocycles. The molecule has 1 amide bonds. The molecule has 5 nitrogen and oxygen atoms in total. The van der Waals surface area contributed by atoms with Crippen molar-refractivity contribution in [3.05, 3.63) is 64.4 Å². The first-order valence-electron chi connectivity index (χ1n) is 9.50. The van der Waals surface area contributed by atoms with E-state index < -0.39 is 17.6 Å².